The van der Waals surface area contributed by atoms with Crippen molar-refractivity contribution in [2.24, 2.45) is 19.2 Å². The molecule has 0 saturated carbocycles. The third-order valence-corrected chi connectivity index (χ3v) is 5.38. The summed E-state index contributed by atoms with van der Waals surface area (Å²) in [4.78, 5) is 29.6. The third-order valence-electron chi connectivity index (χ3n) is 4.85. The van der Waals surface area contributed by atoms with Crippen molar-refractivity contribution < 1.29 is 4.39 Å². The van der Waals surface area contributed by atoms with E-state index in [1.807, 2.05) is 24.3 Å². The van der Waals surface area contributed by atoms with E-state index < -0.39 is 11.2 Å². The molecule has 0 aliphatic rings. The van der Waals surface area contributed by atoms with Crippen LogP contribution in [0.2, 0.25) is 0 Å². The summed E-state index contributed by atoms with van der Waals surface area (Å²) >= 11 is 3.38. The van der Waals surface area contributed by atoms with Gasteiger partial charge in [-0.2, -0.15) is 10.1 Å². The maximum Gasteiger partial charge on any atom is 0.332 e. The Hall–Kier alpha value is -3.53. The number of aryl methyl sites for hydroxylation is 1. The summed E-state index contributed by atoms with van der Waals surface area (Å²) < 4.78 is 18.2. The average Bonchev–Trinajstić information content (AvgIpc) is 3.12. The highest BCUT2D eigenvalue weighted by molar-refractivity contribution is 9.10. The molecule has 0 aliphatic heterocycles. The topological polar surface area (TPSA) is 86.2 Å². The summed E-state index contributed by atoms with van der Waals surface area (Å²) in [5.74, 6) is -0.0685. The number of halogens is 2. The summed E-state index contributed by atoms with van der Waals surface area (Å²) in [6, 6.07) is 13.5. The van der Waals surface area contributed by atoms with Crippen molar-refractivity contribution in [2.45, 2.75) is 6.54 Å². The van der Waals surface area contributed by atoms with Crippen LogP contribution < -0.4 is 16.7 Å². The zero-order valence-electron chi connectivity index (χ0n) is 16.7. The predicted octanol–water partition coefficient (Wildman–Crippen LogP) is 2.83. The van der Waals surface area contributed by atoms with Crippen LogP contribution in [-0.2, 0) is 20.6 Å². The van der Waals surface area contributed by atoms with E-state index in [2.05, 4.69) is 31.4 Å². The molecular weight excluding hydrogens is 467 g/mol. The van der Waals surface area contributed by atoms with E-state index in [0.29, 0.717) is 0 Å². The number of nitrogens with one attached hydrogen (secondary N) is 1. The number of fused-ring (bicyclic) bond motifs is 1. The Morgan fingerprint density at radius 1 is 1.06 bits per heavy atom. The highest BCUT2D eigenvalue weighted by atomic mass is 79.9. The van der Waals surface area contributed by atoms with Crippen molar-refractivity contribution in [1.29, 1.82) is 0 Å². The van der Waals surface area contributed by atoms with Crippen molar-refractivity contribution in [2.75, 3.05) is 5.43 Å². The maximum atomic E-state index is 13.3. The lowest BCUT2D eigenvalue weighted by Crippen LogP contribution is -2.37. The first kappa shape index (κ1) is 20.7. The van der Waals surface area contributed by atoms with Gasteiger partial charge in [0.15, 0.2) is 11.2 Å². The fourth-order valence-corrected chi connectivity index (χ4v) is 3.44. The van der Waals surface area contributed by atoms with Crippen molar-refractivity contribution in [3.8, 4) is 0 Å². The number of imidazole rings is 1. The number of hydrogen-bond acceptors (Lipinski definition) is 5. The van der Waals surface area contributed by atoms with Crippen molar-refractivity contribution in [3.05, 3.63) is 90.8 Å². The second-order valence-corrected chi connectivity index (χ2v) is 7.86. The molecule has 31 heavy (non-hydrogen) atoms. The van der Waals surface area contributed by atoms with Gasteiger partial charge in [0, 0.05) is 18.6 Å². The van der Waals surface area contributed by atoms with Gasteiger partial charge in [0.2, 0.25) is 5.95 Å². The smallest absolute Gasteiger partial charge is 0.298 e. The van der Waals surface area contributed by atoms with Crippen molar-refractivity contribution in [3.63, 3.8) is 0 Å². The number of aromatic nitrogens is 4. The number of nitrogens with zero attached hydrogens (tertiary/aromatic N) is 5. The Labute approximate surface area is 184 Å². The van der Waals surface area contributed by atoms with Gasteiger partial charge in [-0.1, -0.05) is 40.2 Å². The molecule has 4 rings (SSSR count). The molecule has 0 radical (unpaired) electrons. The van der Waals surface area contributed by atoms with E-state index >= 15 is 0 Å². The molecule has 158 valence electrons. The number of hydrogen-bond donors (Lipinski definition) is 1. The predicted molar refractivity (Wildman–Crippen MR) is 121 cm³/mol. The van der Waals surface area contributed by atoms with Crippen LogP contribution in [-0.4, -0.2) is 24.9 Å². The van der Waals surface area contributed by atoms with Gasteiger partial charge in [0.1, 0.15) is 5.82 Å². The Kier molecular flexibility index (Phi) is 5.55. The quantitative estimate of drug-likeness (QED) is 0.348. The fourth-order valence-electron chi connectivity index (χ4n) is 3.17. The molecule has 2 heterocycles. The number of rotatable bonds is 5. The highest BCUT2D eigenvalue weighted by Gasteiger charge is 2.19. The number of benzene rings is 2. The van der Waals surface area contributed by atoms with Gasteiger partial charge >= 0.3 is 5.69 Å². The first-order valence-electron chi connectivity index (χ1n) is 9.30. The molecule has 0 unspecified atom stereocenters. The zero-order valence-corrected chi connectivity index (χ0v) is 18.3. The molecule has 2 aromatic heterocycles. The Morgan fingerprint density at radius 3 is 2.42 bits per heavy atom. The van der Waals surface area contributed by atoms with E-state index in [1.165, 1.54) is 23.7 Å². The fraction of sp³-hybridized carbons (Fsp3) is 0.143. The van der Waals surface area contributed by atoms with Gasteiger partial charge in [-0.25, -0.2) is 14.6 Å². The minimum Gasteiger partial charge on any atom is -0.298 e. The minimum atomic E-state index is -0.478. The maximum absolute atomic E-state index is 13.3. The molecule has 0 fully saturated rings. The SMILES string of the molecule is Cn1c(=O)c2c(nc(NN=Cc3ccc(Br)cc3)n2Cc2ccc(F)cc2)n(C)c1=O. The van der Waals surface area contributed by atoms with Crippen LogP contribution in [0.3, 0.4) is 0 Å². The lowest BCUT2D eigenvalue weighted by atomic mass is 10.2. The van der Waals surface area contributed by atoms with Crippen LogP contribution in [0.4, 0.5) is 10.3 Å². The Morgan fingerprint density at radius 2 is 1.74 bits per heavy atom. The van der Waals surface area contributed by atoms with Crippen LogP contribution in [0.25, 0.3) is 11.2 Å². The lowest BCUT2D eigenvalue weighted by Gasteiger charge is -2.09. The summed E-state index contributed by atoms with van der Waals surface area (Å²) in [5, 5.41) is 4.23. The molecule has 0 saturated heterocycles. The molecule has 4 aromatic rings. The molecule has 0 amide bonds. The molecule has 0 bridgehead atoms. The molecule has 10 heteroatoms. The van der Waals surface area contributed by atoms with Crippen molar-refractivity contribution in [1.82, 2.24) is 18.7 Å². The van der Waals surface area contributed by atoms with Gasteiger partial charge in [0.05, 0.1) is 12.8 Å². The monoisotopic (exact) mass is 484 g/mol. The summed E-state index contributed by atoms with van der Waals surface area (Å²) in [5.41, 5.74) is 4.01. The molecular formula is C21H18BrFN6O2. The molecule has 0 atom stereocenters. The zero-order chi connectivity index (χ0) is 22.1. The van der Waals surface area contributed by atoms with Gasteiger partial charge in [0.25, 0.3) is 5.56 Å². The summed E-state index contributed by atoms with van der Waals surface area (Å²) in [7, 11) is 2.96. The third kappa shape index (κ3) is 4.06. The van der Waals surface area contributed by atoms with Crippen LogP contribution in [0.15, 0.2) is 67.7 Å². The van der Waals surface area contributed by atoms with Gasteiger partial charge in [-0.05, 0) is 35.4 Å². The van der Waals surface area contributed by atoms with Crippen LogP contribution in [0, 0.1) is 5.82 Å². The van der Waals surface area contributed by atoms with Gasteiger partial charge < -0.3 is 0 Å². The second kappa shape index (κ2) is 8.31. The van der Waals surface area contributed by atoms with E-state index in [1.54, 1.807) is 30.0 Å². The standard InChI is InChI=1S/C21H18BrFN6O2/c1-27-18-17(19(30)28(2)21(27)31)29(12-14-5-9-16(23)10-6-14)20(25-18)26-24-11-13-3-7-15(22)8-4-13/h3-11H,12H2,1-2H3,(H,25,26). The second-order valence-electron chi connectivity index (χ2n) is 6.95. The number of anilines is 1. The lowest BCUT2D eigenvalue weighted by molar-refractivity contribution is 0.626. The summed E-state index contributed by atoms with van der Waals surface area (Å²) in [6.07, 6.45) is 1.62. The van der Waals surface area contributed by atoms with Gasteiger partial charge in [-0.15, -0.1) is 0 Å². The van der Waals surface area contributed by atoms with Crippen LogP contribution >= 0.6 is 15.9 Å². The Bertz CT molecular complexity index is 1400. The summed E-state index contributed by atoms with van der Waals surface area (Å²) in [6.45, 7) is 0.236. The average molecular weight is 485 g/mol. The molecule has 1 N–H and O–H groups in total. The first-order valence-corrected chi connectivity index (χ1v) is 10.1. The molecule has 2 aromatic carbocycles. The molecule has 8 nitrogen and oxygen atoms in total. The van der Waals surface area contributed by atoms with Crippen molar-refractivity contribution >= 4 is 39.3 Å². The van der Waals surface area contributed by atoms with Crippen LogP contribution in [0.5, 0.6) is 0 Å². The Balaban J connectivity index is 1.80. The van der Waals surface area contributed by atoms with E-state index in [0.717, 1.165) is 20.2 Å². The molecule has 0 spiro atoms. The van der Waals surface area contributed by atoms with Gasteiger partial charge in [-0.3, -0.25) is 18.5 Å². The van der Waals surface area contributed by atoms with E-state index in [4.69, 9.17) is 0 Å². The number of hydrazone groups is 1. The van der Waals surface area contributed by atoms with E-state index in [-0.39, 0.29) is 29.5 Å². The normalized spacial score (nSPS) is 11.5. The minimum absolute atomic E-state index is 0.233. The highest BCUT2D eigenvalue weighted by Crippen LogP contribution is 2.18. The van der Waals surface area contributed by atoms with E-state index in [9.17, 15) is 14.0 Å². The first-order chi connectivity index (χ1) is 14.8. The molecule has 0 aliphatic carbocycles. The largest absolute Gasteiger partial charge is 0.332 e. The van der Waals surface area contributed by atoms with Crippen LogP contribution in [0.1, 0.15) is 11.1 Å².